The zero-order valence-corrected chi connectivity index (χ0v) is 11.3. The normalized spacial score (nSPS) is 12.3. The smallest absolute Gasteiger partial charge is 0.0417 e. The molecule has 0 amide bonds. The summed E-state index contributed by atoms with van der Waals surface area (Å²) < 4.78 is 0. The molecule has 0 saturated heterocycles. The minimum absolute atomic E-state index is 0. The van der Waals surface area contributed by atoms with Gasteiger partial charge in [0.05, 0.1) is 0 Å². The zero-order chi connectivity index (χ0) is 11.3. The van der Waals surface area contributed by atoms with E-state index >= 15 is 0 Å². The Kier molecular flexibility index (Phi) is 7.30. The molecule has 16 heavy (non-hydrogen) atoms. The molecular formula is C12H22ClN3. The molecule has 0 bridgehead atoms. The average molecular weight is 244 g/mol. The molecule has 92 valence electrons. The third kappa shape index (κ3) is 4.92. The van der Waals surface area contributed by atoms with E-state index in [9.17, 15) is 0 Å². The van der Waals surface area contributed by atoms with Gasteiger partial charge in [-0.1, -0.05) is 6.07 Å². The van der Waals surface area contributed by atoms with Crippen LogP contribution in [0.1, 0.15) is 18.2 Å². The molecule has 1 aromatic heterocycles. The van der Waals surface area contributed by atoms with Crippen molar-refractivity contribution in [2.75, 3.05) is 20.6 Å². The van der Waals surface area contributed by atoms with Crippen LogP contribution in [0.5, 0.6) is 0 Å². The Labute approximate surface area is 105 Å². The van der Waals surface area contributed by atoms with Crippen LogP contribution in [-0.2, 0) is 6.54 Å². The molecule has 0 aliphatic rings. The molecule has 1 rings (SSSR count). The monoisotopic (exact) mass is 243 g/mol. The fraction of sp³-hybridized carbons (Fsp3) is 0.583. The van der Waals surface area contributed by atoms with Gasteiger partial charge < -0.3 is 10.2 Å². The molecule has 4 heteroatoms. The van der Waals surface area contributed by atoms with Crippen LogP contribution >= 0.6 is 12.4 Å². The maximum Gasteiger partial charge on any atom is 0.0417 e. The summed E-state index contributed by atoms with van der Waals surface area (Å²) in [6.07, 6.45) is 1.83. The fourth-order valence-corrected chi connectivity index (χ4v) is 1.30. The van der Waals surface area contributed by atoms with Crippen molar-refractivity contribution in [2.45, 2.75) is 26.4 Å². The largest absolute Gasteiger partial charge is 0.311 e. The van der Waals surface area contributed by atoms with Gasteiger partial charge in [0.15, 0.2) is 0 Å². The lowest BCUT2D eigenvalue weighted by Gasteiger charge is -2.20. The first-order valence-corrected chi connectivity index (χ1v) is 5.39. The van der Waals surface area contributed by atoms with Gasteiger partial charge in [0, 0.05) is 31.0 Å². The van der Waals surface area contributed by atoms with Crippen molar-refractivity contribution in [3.05, 3.63) is 29.6 Å². The van der Waals surface area contributed by atoms with Crippen molar-refractivity contribution in [2.24, 2.45) is 0 Å². The molecule has 1 aromatic rings. The third-order valence-electron chi connectivity index (χ3n) is 2.75. The van der Waals surface area contributed by atoms with E-state index in [1.165, 1.54) is 5.56 Å². The first-order valence-electron chi connectivity index (χ1n) is 5.39. The number of hydrogen-bond donors (Lipinski definition) is 1. The van der Waals surface area contributed by atoms with E-state index in [1.54, 1.807) is 0 Å². The van der Waals surface area contributed by atoms with Crippen molar-refractivity contribution >= 4 is 12.4 Å². The van der Waals surface area contributed by atoms with Crippen molar-refractivity contribution in [3.63, 3.8) is 0 Å². The van der Waals surface area contributed by atoms with E-state index < -0.39 is 0 Å². The Morgan fingerprint density at radius 2 is 2.12 bits per heavy atom. The zero-order valence-electron chi connectivity index (χ0n) is 10.5. The van der Waals surface area contributed by atoms with Crippen molar-refractivity contribution < 1.29 is 0 Å². The predicted molar refractivity (Wildman–Crippen MR) is 71.1 cm³/mol. The van der Waals surface area contributed by atoms with E-state index in [4.69, 9.17) is 0 Å². The summed E-state index contributed by atoms with van der Waals surface area (Å²) in [5.74, 6) is 0. The quantitative estimate of drug-likeness (QED) is 0.856. The van der Waals surface area contributed by atoms with Gasteiger partial charge in [-0.05, 0) is 39.6 Å². The predicted octanol–water partition coefficient (Wildman–Crippen LogP) is 1.85. The van der Waals surface area contributed by atoms with Crippen molar-refractivity contribution in [3.8, 4) is 0 Å². The summed E-state index contributed by atoms with van der Waals surface area (Å²) in [5, 5.41) is 3.44. The molecule has 0 spiro atoms. The Hall–Kier alpha value is -0.640. The number of aryl methyl sites for hydroxylation is 1. The molecule has 1 unspecified atom stereocenters. The standard InChI is InChI=1S/C12H21N3.ClH/c1-10(15(3)4)8-13-9-12-6-5-7-14-11(12)2;/h5-7,10,13H,8-9H2,1-4H3;1H. The number of nitrogens with one attached hydrogen (secondary N) is 1. The van der Waals surface area contributed by atoms with Crippen molar-refractivity contribution in [1.82, 2.24) is 15.2 Å². The molecule has 0 radical (unpaired) electrons. The molecule has 1 heterocycles. The SMILES string of the molecule is Cc1ncccc1CNCC(C)N(C)C.Cl. The second kappa shape index (κ2) is 7.60. The number of likely N-dealkylation sites (N-methyl/N-ethyl adjacent to an activating group) is 1. The molecule has 0 aromatic carbocycles. The maximum absolute atomic E-state index is 4.26. The van der Waals surface area contributed by atoms with E-state index in [-0.39, 0.29) is 12.4 Å². The highest BCUT2D eigenvalue weighted by atomic mass is 35.5. The lowest BCUT2D eigenvalue weighted by molar-refractivity contribution is 0.302. The third-order valence-corrected chi connectivity index (χ3v) is 2.75. The summed E-state index contributed by atoms with van der Waals surface area (Å²) in [7, 11) is 4.20. The number of nitrogens with zero attached hydrogens (tertiary/aromatic N) is 2. The highest BCUT2D eigenvalue weighted by molar-refractivity contribution is 5.85. The van der Waals surface area contributed by atoms with Crippen LogP contribution in [0.15, 0.2) is 18.3 Å². The van der Waals surface area contributed by atoms with E-state index in [0.717, 1.165) is 18.8 Å². The molecular weight excluding hydrogens is 222 g/mol. The van der Waals surface area contributed by atoms with Crippen LogP contribution in [0.4, 0.5) is 0 Å². The van der Waals surface area contributed by atoms with Gasteiger partial charge in [-0.25, -0.2) is 0 Å². The minimum atomic E-state index is 0. The number of halogens is 1. The minimum Gasteiger partial charge on any atom is -0.311 e. The first-order chi connectivity index (χ1) is 7.11. The first kappa shape index (κ1) is 15.4. The van der Waals surface area contributed by atoms with E-state index in [2.05, 4.69) is 42.3 Å². The van der Waals surface area contributed by atoms with Gasteiger partial charge in [0.2, 0.25) is 0 Å². The summed E-state index contributed by atoms with van der Waals surface area (Å²) in [5.41, 5.74) is 2.39. The van der Waals surface area contributed by atoms with Crippen LogP contribution in [0, 0.1) is 6.92 Å². The topological polar surface area (TPSA) is 28.2 Å². The van der Waals surface area contributed by atoms with Crippen LogP contribution in [0.3, 0.4) is 0 Å². The van der Waals surface area contributed by atoms with Crippen LogP contribution in [0.25, 0.3) is 0 Å². The second-order valence-electron chi connectivity index (χ2n) is 4.19. The number of hydrogen-bond acceptors (Lipinski definition) is 3. The fourth-order valence-electron chi connectivity index (χ4n) is 1.30. The number of aromatic nitrogens is 1. The summed E-state index contributed by atoms with van der Waals surface area (Å²) >= 11 is 0. The van der Waals surface area contributed by atoms with Gasteiger partial charge in [-0.15, -0.1) is 12.4 Å². The van der Waals surface area contributed by atoms with Gasteiger partial charge in [-0.3, -0.25) is 4.98 Å². The van der Waals surface area contributed by atoms with Crippen LogP contribution in [0.2, 0.25) is 0 Å². The Bertz CT molecular complexity index is 302. The van der Waals surface area contributed by atoms with Gasteiger partial charge >= 0.3 is 0 Å². The summed E-state index contributed by atoms with van der Waals surface area (Å²) in [6.45, 7) is 6.16. The molecule has 1 N–H and O–H groups in total. The maximum atomic E-state index is 4.26. The van der Waals surface area contributed by atoms with Crippen LogP contribution < -0.4 is 5.32 Å². The highest BCUT2D eigenvalue weighted by Crippen LogP contribution is 2.02. The molecule has 0 saturated carbocycles. The lowest BCUT2D eigenvalue weighted by atomic mass is 10.2. The van der Waals surface area contributed by atoms with Gasteiger partial charge in [0.25, 0.3) is 0 Å². The Balaban J connectivity index is 0.00000225. The molecule has 0 fully saturated rings. The summed E-state index contributed by atoms with van der Waals surface area (Å²) in [4.78, 5) is 6.47. The number of rotatable bonds is 5. The molecule has 0 aliphatic heterocycles. The summed E-state index contributed by atoms with van der Waals surface area (Å²) in [6, 6.07) is 4.66. The molecule has 3 nitrogen and oxygen atoms in total. The highest BCUT2D eigenvalue weighted by Gasteiger charge is 2.03. The molecule has 1 atom stereocenters. The van der Waals surface area contributed by atoms with E-state index in [1.807, 2.05) is 19.2 Å². The van der Waals surface area contributed by atoms with Crippen molar-refractivity contribution in [1.29, 1.82) is 0 Å². The van der Waals surface area contributed by atoms with E-state index in [0.29, 0.717) is 6.04 Å². The van der Waals surface area contributed by atoms with Crippen LogP contribution in [-0.4, -0.2) is 36.6 Å². The average Bonchev–Trinajstić information content (AvgIpc) is 2.20. The number of pyridine rings is 1. The Morgan fingerprint density at radius 3 is 2.69 bits per heavy atom. The molecule has 0 aliphatic carbocycles. The lowest BCUT2D eigenvalue weighted by Crippen LogP contribution is -2.35. The second-order valence-corrected chi connectivity index (χ2v) is 4.19. The van der Waals surface area contributed by atoms with Gasteiger partial charge in [0.1, 0.15) is 0 Å². The Morgan fingerprint density at radius 1 is 1.44 bits per heavy atom. The van der Waals surface area contributed by atoms with Gasteiger partial charge in [-0.2, -0.15) is 0 Å².